The van der Waals surface area contributed by atoms with Crippen molar-refractivity contribution in [2.75, 3.05) is 0 Å². The van der Waals surface area contributed by atoms with Gasteiger partial charge in [-0.05, 0) is 61.1 Å². The van der Waals surface area contributed by atoms with Crippen LogP contribution in [0.5, 0.6) is 11.5 Å². The van der Waals surface area contributed by atoms with Gasteiger partial charge in [-0.15, -0.1) is 0 Å². The molecule has 1 heterocycles. The normalized spacial score (nSPS) is 19.9. The molecule has 4 heteroatoms. The van der Waals surface area contributed by atoms with Gasteiger partial charge < -0.3 is 14.3 Å². The number of carbonyl (C=O) groups excluding carboxylic acids is 1. The number of phenols is 1. The van der Waals surface area contributed by atoms with Crippen molar-refractivity contribution in [1.29, 1.82) is 0 Å². The van der Waals surface area contributed by atoms with Gasteiger partial charge in [-0.1, -0.05) is 24.3 Å². The van der Waals surface area contributed by atoms with E-state index in [4.69, 9.17) is 9.15 Å². The van der Waals surface area contributed by atoms with Gasteiger partial charge >= 0.3 is 5.97 Å². The summed E-state index contributed by atoms with van der Waals surface area (Å²) in [6.45, 7) is 0. The van der Waals surface area contributed by atoms with Crippen LogP contribution in [0.3, 0.4) is 0 Å². The number of benzene rings is 2. The number of rotatable bonds is 3. The average molecular weight is 372 g/mol. The first-order valence-electron chi connectivity index (χ1n) is 9.53. The molecule has 1 aromatic heterocycles. The minimum absolute atomic E-state index is 0.277. The van der Waals surface area contributed by atoms with E-state index in [-0.39, 0.29) is 5.41 Å². The minimum atomic E-state index is -0.424. The topological polar surface area (TPSA) is 59.7 Å². The van der Waals surface area contributed by atoms with Crippen LogP contribution >= 0.6 is 0 Å². The van der Waals surface area contributed by atoms with Crippen LogP contribution < -0.4 is 4.74 Å². The highest BCUT2D eigenvalue weighted by Gasteiger charge is 2.48. The van der Waals surface area contributed by atoms with Crippen LogP contribution in [0.4, 0.5) is 0 Å². The van der Waals surface area contributed by atoms with Crippen molar-refractivity contribution in [1.82, 2.24) is 0 Å². The van der Waals surface area contributed by atoms with Crippen molar-refractivity contribution in [3.05, 3.63) is 88.9 Å². The molecule has 1 spiro atoms. The standard InChI is InChI=1S/C24H20O4/c25-19-5-1-3-17-9-12-24(22(17)19)13-10-18-4-2-6-20(23(18)24)28-21(26)8-7-16-11-14-27-15-16/h1-8,11,14-15,25H,9-10,12-13H2/t24-/m1/s1. The number of aryl methyl sites for hydroxylation is 2. The first-order valence-corrected chi connectivity index (χ1v) is 9.53. The SMILES string of the molecule is O=C(C=Cc1ccoc1)Oc1cccc2c1[C@]1(CCc3cccc(O)c31)CC2. The third-order valence-corrected chi connectivity index (χ3v) is 6.01. The number of hydrogen-bond acceptors (Lipinski definition) is 4. The number of phenolic OH excluding ortho intramolecular Hbond substituents is 1. The molecule has 0 bridgehead atoms. The monoisotopic (exact) mass is 372 g/mol. The average Bonchev–Trinajstić information content (AvgIpc) is 3.42. The molecule has 4 nitrogen and oxygen atoms in total. The van der Waals surface area contributed by atoms with Crippen molar-refractivity contribution < 1.29 is 19.1 Å². The van der Waals surface area contributed by atoms with Gasteiger partial charge in [0.25, 0.3) is 0 Å². The van der Waals surface area contributed by atoms with Crippen molar-refractivity contribution >= 4 is 12.0 Å². The fourth-order valence-electron chi connectivity index (χ4n) is 4.88. The van der Waals surface area contributed by atoms with E-state index in [0.29, 0.717) is 11.5 Å². The first kappa shape index (κ1) is 16.9. The number of aromatic hydroxyl groups is 1. The predicted molar refractivity (Wildman–Crippen MR) is 105 cm³/mol. The fraction of sp³-hybridized carbons (Fsp3) is 0.208. The van der Waals surface area contributed by atoms with Crippen LogP contribution in [0.15, 0.2) is 65.5 Å². The first-order chi connectivity index (χ1) is 13.7. The molecule has 5 rings (SSSR count). The molecule has 2 aliphatic carbocycles. The molecule has 0 saturated heterocycles. The summed E-state index contributed by atoms with van der Waals surface area (Å²) in [5.74, 6) is 0.504. The van der Waals surface area contributed by atoms with Gasteiger partial charge in [0.1, 0.15) is 11.5 Å². The molecule has 0 amide bonds. The molecule has 140 valence electrons. The molecule has 2 aliphatic rings. The Balaban J connectivity index is 1.53. The summed E-state index contributed by atoms with van der Waals surface area (Å²) in [6.07, 6.45) is 9.89. The predicted octanol–water partition coefficient (Wildman–Crippen LogP) is 4.78. The molecule has 0 saturated carbocycles. The number of carbonyl (C=O) groups is 1. The quantitative estimate of drug-likeness (QED) is 0.408. The van der Waals surface area contributed by atoms with E-state index >= 15 is 0 Å². The summed E-state index contributed by atoms with van der Waals surface area (Å²) < 4.78 is 10.8. The van der Waals surface area contributed by atoms with Crippen LogP contribution in [0.1, 0.15) is 40.7 Å². The maximum atomic E-state index is 12.4. The zero-order chi connectivity index (χ0) is 19.1. The maximum Gasteiger partial charge on any atom is 0.336 e. The van der Waals surface area contributed by atoms with E-state index in [2.05, 4.69) is 12.1 Å². The van der Waals surface area contributed by atoms with Gasteiger partial charge in [0.05, 0.1) is 12.5 Å². The highest BCUT2D eigenvalue weighted by molar-refractivity contribution is 5.89. The maximum absolute atomic E-state index is 12.4. The Hall–Kier alpha value is -3.27. The third kappa shape index (κ3) is 2.56. The lowest BCUT2D eigenvalue weighted by Gasteiger charge is -2.28. The van der Waals surface area contributed by atoms with E-state index in [0.717, 1.165) is 42.4 Å². The van der Waals surface area contributed by atoms with Gasteiger partial charge in [-0.2, -0.15) is 0 Å². The van der Waals surface area contributed by atoms with Crippen LogP contribution in [0, 0.1) is 0 Å². The molecule has 28 heavy (non-hydrogen) atoms. The summed E-state index contributed by atoms with van der Waals surface area (Å²) in [5, 5.41) is 10.6. The number of hydrogen-bond donors (Lipinski definition) is 1. The molecule has 1 N–H and O–H groups in total. The van der Waals surface area contributed by atoms with Crippen LogP contribution in [-0.4, -0.2) is 11.1 Å². The number of ether oxygens (including phenoxy) is 1. The summed E-state index contributed by atoms with van der Waals surface area (Å²) in [4.78, 5) is 12.4. The Kier molecular flexibility index (Phi) is 3.86. The van der Waals surface area contributed by atoms with Crippen molar-refractivity contribution in [2.24, 2.45) is 0 Å². The van der Waals surface area contributed by atoms with E-state index in [1.54, 1.807) is 30.7 Å². The molecule has 3 aromatic rings. The van der Waals surface area contributed by atoms with Gasteiger partial charge in [-0.25, -0.2) is 4.79 Å². The number of esters is 1. The molecular weight excluding hydrogens is 352 g/mol. The van der Waals surface area contributed by atoms with Crippen molar-refractivity contribution in [3.63, 3.8) is 0 Å². The fourth-order valence-corrected chi connectivity index (χ4v) is 4.88. The van der Waals surface area contributed by atoms with Gasteiger partial charge in [0, 0.05) is 28.2 Å². The summed E-state index contributed by atoms with van der Waals surface area (Å²) >= 11 is 0. The number of furan rings is 1. The zero-order valence-corrected chi connectivity index (χ0v) is 15.4. The van der Waals surface area contributed by atoms with Gasteiger partial charge in [0.15, 0.2) is 0 Å². The lowest BCUT2D eigenvalue weighted by molar-refractivity contribution is -0.128. The Labute approximate surface area is 163 Å². The Bertz CT molecular complexity index is 1070. The molecule has 0 unspecified atom stereocenters. The molecule has 0 radical (unpaired) electrons. The second-order valence-electron chi connectivity index (χ2n) is 7.49. The summed E-state index contributed by atoms with van der Waals surface area (Å²) in [7, 11) is 0. The molecular formula is C24H20O4. The van der Waals surface area contributed by atoms with Gasteiger partial charge in [-0.3, -0.25) is 0 Å². The van der Waals surface area contributed by atoms with E-state index in [1.807, 2.05) is 18.2 Å². The van der Waals surface area contributed by atoms with Crippen LogP contribution in [0.2, 0.25) is 0 Å². The van der Waals surface area contributed by atoms with Crippen molar-refractivity contribution in [2.45, 2.75) is 31.1 Å². The third-order valence-electron chi connectivity index (χ3n) is 6.01. The van der Waals surface area contributed by atoms with Crippen LogP contribution in [-0.2, 0) is 23.1 Å². The highest BCUT2D eigenvalue weighted by Crippen LogP contribution is 2.57. The molecule has 0 fully saturated rings. The minimum Gasteiger partial charge on any atom is -0.508 e. The lowest BCUT2D eigenvalue weighted by Crippen LogP contribution is -2.23. The second kappa shape index (κ2) is 6.41. The van der Waals surface area contributed by atoms with E-state index in [1.165, 1.54) is 17.2 Å². The van der Waals surface area contributed by atoms with Crippen LogP contribution in [0.25, 0.3) is 6.08 Å². The Morgan fingerprint density at radius 2 is 1.79 bits per heavy atom. The second-order valence-corrected chi connectivity index (χ2v) is 7.49. The van der Waals surface area contributed by atoms with E-state index in [9.17, 15) is 9.90 Å². The molecule has 0 aliphatic heterocycles. The Morgan fingerprint density at radius 1 is 1.04 bits per heavy atom. The Morgan fingerprint density at radius 3 is 2.54 bits per heavy atom. The van der Waals surface area contributed by atoms with E-state index < -0.39 is 5.97 Å². The zero-order valence-electron chi connectivity index (χ0n) is 15.4. The lowest BCUT2D eigenvalue weighted by atomic mass is 9.76. The largest absolute Gasteiger partial charge is 0.508 e. The summed E-state index contributed by atoms with van der Waals surface area (Å²) in [6, 6.07) is 13.4. The van der Waals surface area contributed by atoms with Gasteiger partial charge in [0.2, 0.25) is 0 Å². The molecule has 2 aromatic carbocycles. The van der Waals surface area contributed by atoms with Crippen molar-refractivity contribution in [3.8, 4) is 11.5 Å². The smallest absolute Gasteiger partial charge is 0.336 e. The number of fused-ring (bicyclic) bond motifs is 4. The molecule has 1 atom stereocenters. The summed E-state index contributed by atoms with van der Waals surface area (Å²) in [5.41, 5.74) is 4.98. The highest BCUT2D eigenvalue weighted by atomic mass is 16.5.